The van der Waals surface area contributed by atoms with Crippen LogP contribution < -0.4 is 10.7 Å². The number of carbonyl (C=O) groups excluding carboxylic acids is 1. The fraction of sp³-hybridized carbons (Fsp3) is 0.368. The molecule has 0 saturated heterocycles. The summed E-state index contributed by atoms with van der Waals surface area (Å²) in [7, 11) is 0. The molecule has 2 N–H and O–H groups in total. The first-order valence-corrected chi connectivity index (χ1v) is 10.1. The topological polar surface area (TPSA) is 94.9 Å². The van der Waals surface area contributed by atoms with Crippen LogP contribution in [0.1, 0.15) is 30.8 Å². The van der Waals surface area contributed by atoms with E-state index >= 15 is 0 Å². The molecule has 3 heterocycles. The highest BCUT2D eigenvalue weighted by Gasteiger charge is 2.34. The Balaban J connectivity index is 1.55. The Labute approximate surface area is 167 Å². The van der Waals surface area contributed by atoms with Crippen LogP contribution in [-0.2, 0) is 11.2 Å². The van der Waals surface area contributed by atoms with E-state index in [0.717, 1.165) is 23.5 Å². The fourth-order valence-corrected chi connectivity index (χ4v) is 4.45. The lowest BCUT2D eigenvalue weighted by atomic mass is 10.1. The van der Waals surface area contributed by atoms with E-state index in [4.69, 9.17) is 5.84 Å². The van der Waals surface area contributed by atoms with Crippen molar-refractivity contribution < 1.29 is 4.79 Å². The van der Waals surface area contributed by atoms with Crippen molar-refractivity contribution in [2.75, 3.05) is 10.7 Å². The molecule has 2 unspecified atom stereocenters. The Kier molecular flexibility index (Phi) is 4.62. The molecule has 0 saturated carbocycles. The highest BCUT2D eigenvalue weighted by atomic mass is 32.2. The monoisotopic (exact) mass is 397 g/mol. The normalized spacial score (nSPS) is 17.0. The van der Waals surface area contributed by atoms with Gasteiger partial charge < -0.3 is 10.7 Å². The highest BCUT2D eigenvalue weighted by Crippen LogP contribution is 2.34. The maximum Gasteiger partial charge on any atom is 0.271 e. The molecule has 2 aromatic heterocycles. The van der Waals surface area contributed by atoms with Crippen molar-refractivity contribution >= 4 is 23.4 Å². The Morgan fingerprint density at radius 1 is 1.29 bits per heavy atom. The van der Waals surface area contributed by atoms with Crippen LogP contribution in [0.5, 0.6) is 0 Å². The summed E-state index contributed by atoms with van der Waals surface area (Å²) in [5.41, 5.74) is 3.99. The van der Waals surface area contributed by atoms with Crippen LogP contribution in [0.15, 0.2) is 35.5 Å². The molecule has 1 aromatic carbocycles. The molecule has 0 fully saturated rings. The molecular weight excluding hydrogens is 374 g/mol. The van der Waals surface area contributed by atoms with Gasteiger partial charge in [-0.15, -0.1) is 10.2 Å². The summed E-state index contributed by atoms with van der Waals surface area (Å²) in [5.74, 6) is 6.67. The van der Waals surface area contributed by atoms with Gasteiger partial charge in [-0.2, -0.15) is 5.10 Å². The summed E-state index contributed by atoms with van der Waals surface area (Å²) < 4.78 is 3.03. The first-order chi connectivity index (χ1) is 13.4. The minimum absolute atomic E-state index is 0.0399. The van der Waals surface area contributed by atoms with Crippen LogP contribution in [-0.4, -0.2) is 41.9 Å². The van der Waals surface area contributed by atoms with E-state index in [1.807, 2.05) is 49.9 Å². The van der Waals surface area contributed by atoms with Crippen LogP contribution in [0.3, 0.4) is 0 Å². The van der Waals surface area contributed by atoms with E-state index in [0.29, 0.717) is 11.1 Å². The second-order valence-electron chi connectivity index (χ2n) is 7.14. The van der Waals surface area contributed by atoms with Crippen LogP contribution in [0.2, 0.25) is 0 Å². The minimum atomic E-state index is -0.353. The summed E-state index contributed by atoms with van der Waals surface area (Å²) in [6.07, 6.45) is 0.869. The number of para-hydroxylation sites is 1. The number of fused-ring (bicyclic) bond motifs is 1. The molecule has 1 aliphatic heterocycles. The first-order valence-electron chi connectivity index (χ1n) is 9.18. The number of nitrogens with zero attached hydrogens (tertiary/aromatic N) is 6. The lowest BCUT2D eigenvalue weighted by Gasteiger charge is -2.25. The summed E-state index contributed by atoms with van der Waals surface area (Å²) in [6.45, 7) is 7.78. The number of hydrogen-bond donors (Lipinski definition) is 1. The van der Waals surface area contributed by atoms with Gasteiger partial charge in [0.25, 0.3) is 5.95 Å². The Morgan fingerprint density at radius 2 is 2.04 bits per heavy atom. The molecular formula is C19H23N7OS. The van der Waals surface area contributed by atoms with Gasteiger partial charge in [-0.25, -0.2) is 9.36 Å². The second-order valence-corrected chi connectivity index (χ2v) is 8.45. The second kappa shape index (κ2) is 6.97. The molecule has 0 aliphatic carbocycles. The number of hydrogen-bond acceptors (Lipinski definition) is 6. The molecule has 0 radical (unpaired) electrons. The first kappa shape index (κ1) is 18.5. The number of benzene rings is 1. The predicted molar refractivity (Wildman–Crippen MR) is 109 cm³/mol. The van der Waals surface area contributed by atoms with Gasteiger partial charge >= 0.3 is 0 Å². The van der Waals surface area contributed by atoms with Crippen molar-refractivity contribution in [2.24, 2.45) is 0 Å². The third-order valence-electron chi connectivity index (χ3n) is 4.92. The van der Waals surface area contributed by atoms with E-state index in [1.54, 1.807) is 4.68 Å². The SMILES string of the molecule is Cc1cc(C)n(-c2nnc(SC(C)C(=O)N3c4ccccc4CC3C)n2N)n1. The average Bonchev–Trinajstić information content (AvgIpc) is 3.29. The lowest BCUT2D eigenvalue weighted by molar-refractivity contribution is -0.118. The minimum Gasteiger partial charge on any atom is -0.334 e. The zero-order valence-electron chi connectivity index (χ0n) is 16.3. The van der Waals surface area contributed by atoms with Gasteiger partial charge in [0.2, 0.25) is 11.1 Å². The number of aromatic nitrogens is 5. The van der Waals surface area contributed by atoms with E-state index < -0.39 is 0 Å². The van der Waals surface area contributed by atoms with E-state index in [9.17, 15) is 4.79 Å². The molecule has 0 bridgehead atoms. The Morgan fingerprint density at radius 3 is 2.75 bits per heavy atom. The molecule has 2 atom stereocenters. The van der Waals surface area contributed by atoms with E-state index in [-0.39, 0.29) is 17.2 Å². The van der Waals surface area contributed by atoms with Gasteiger partial charge in [0, 0.05) is 17.4 Å². The maximum absolute atomic E-state index is 13.2. The maximum atomic E-state index is 13.2. The summed E-state index contributed by atoms with van der Waals surface area (Å²) in [6, 6.07) is 10.1. The summed E-state index contributed by atoms with van der Waals surface area (Å²) >= 11 is 1.30. The predicted octanol–water partition coefficient (Wildman–Crippen LogP) is 2.25. The Hall–Kier alpha value is -2.81. The average molecular weight is 398 g/mol. The summed E-state index contributed by atoms with van der Waals surface area (Å²) in [4.78, 5) is 15.0. The number of carbonyl (C=O) groups is 1. The Bertz CT molecular complexity index is 1040. The third kappa shape index (κ3) is 3.05. The van der Waals surface area contributed by atoms with Crippen molar-refractivity contribution in [1.82, 2.24) is 24.7 Å². The number of amides is 1. The fourth-order valence-electron chi connectivity index (χ4n) is 3.63. The number of nitrogen functional groups attached to an aromatic ring is 1. The van der Waals surface area contributed by atoms with Crippen LogP contribution >= 0.6 is 11.8 Å². The molecule has 1 amide bonds. The zero-order chi connectivity index (χ0) is 20.0. The molecule has 9 heteroatoms. The van der Waals surface area contributed by atoms with Crippen LogP contribution in [0.25, 0.3) is 5.95 Å². The van der Waals surface area contributed by atoms with Crippen molar-refractivity contribution in [3.63, 3.8) is 0 Å². The number of aryl methyl sites for hydroxylation is 2. The van der Waals surface area contributed by atoms with Crippen molar-refractivity contribution in [3.8, 4) is 5.95 Å². The van der Waals surface area contributed by atoms with Gasteiger partial charge in [0.05, 0.1) is 10.9 Å². The molecule has 4 rings (SSSR count). The van der Waals surface area contributed by atoms with Gasteiger partial charge in [0.15, 0.2) is 0 Å². The molecule has 1 aliphatic rings. The molecule has 3 aromatic rings. The molecule has 28 heavy (non-hydrogen) atoms. The van der Waals surface area contributed by atoms with Gasteiger partial charge in [-0.3, -0.25) is 4.79 Å². The summed E-state index contributed by atoms with van der Waals surface area (Å²) in [5, 5.41) is 12.9. The third-order valence-corrected chi connectivity index (χ3v) is 5.96. The zero-order valence-corrected chi connectivity index (χ0v) is 17.1. The highest BCUT2D eigenvalue weighted by molar-refractivity contribution is 8.00. The number of anilines is 1. The van der Waals surface area contributed by atoms with Crippen LogP contribution in [0.4, 0.5) is 5.69 Å². The van der Waals surface area contributed by atoms with E-state index in [2.05, 4.69) is 28.3 Å². The quantitative estimate of drug-likeness (QED) is 0.536. The molecule has 0 spiro atoms. The van der Waals surface area contributed by atoms with Crippen LogP contribution in [0, 0.1) is 13.8 Å². The standard InChI is InChI=1S/C19H23N7OS/c1-11-9-13(3)26(23-11)18-21-22-19(25(18)20)28-14(4)17(27)24-12(2)10-15-7-5-6-8-16(15)24/h5-9,12,14H,10,20H2,1-4H3. The molecule has 146 valence electrons. The van der Waals surface area contributed by atoms with Crippen molar-refractivity contribution in [2.45, 2.75) is 50.6 Å². The van der Waals surface area contributed by atoms with Crippen molar-refractivity contribution in [3.05, 3.63) is 47.3 Å². The largest absolute Gasteiger partial charge is 0.334 e. The van der Waals surface area contributed by atoms with E-state index in [1.165, 1.54) is 22.0 Å². The van der Waals surface area contributed by atoms with Gasteiger partial charge in [-0.05, 0) is 51.8 Å². The number of nitrogens with two attached hydrogens (primary N) is 1. The number of thioether (sulfide) groups is 1. The van der Waals surface area contributed by atoms with Crippen molar-refractivity contribution in [1.29, 1.82) is 0 Å². The number of rotatable bonds is 4. The smallest absolute Gasteiger partial charge is 0.271 e. The molecule has 8 nitrogen and oxygen atoms in total. The van der Waals surface area contributed by atoms with Gasteiger partial charge in [-0.1, -0.05) is 30.0 Å². The van der Waals surface area contributed by atoms with Gasteiger partial charge in [0.1, 0.15) is 0 Å². The lowest BCUT2D eigenvalue weighted by Crippen LogP contribution is -2.40.